The number of rotatable bonds is 4. The molecule has 138 valence electrons. The van der Waals surface area contributed by atoms with Crippen molar-refractivity contribution in [2.45, 2.75) is 19.3 Å². The standard InChI is InChI=1S/C21H21N3O3/c1-27-17-9-5-6-14(13-17)19-18-10-2-3-11-22-20(18)24(23-19)16-8-4-7-15(12-16)21(25)26/h4-9,12-13,22H,2-3,10-11H2,1H3,(H,25,26). The molecule has 1 aliphatic rings. The van der Waals surface area contributed by atoms with Gasteiger partial charge in [-0.3, -0.25) is 0 Å². The Balaban J connectivity index is 1.89. The maximum Gasteiger partial charge on any atom is 0.335 e. The van der Waals surface area contributed by atoms with Gasteiger partial charge in [-0.15, -0.1) is 0 Å². The van der Waals surface area contributed by atoms with Gasteiger partial charge in [-0.2, -0.15) is 5.10 Å². The summed E-state index contributed by atoms with van der Waals surface area (Å²) in [4.78, 5) is 11.4. The van der Waals surface area contributed by atoms with Crippen LogP contribution in [0, 0.1) is 0 Å². The number of nitrogens with zero attached hydrogens (tertiary/aromatic N) is 2. The van der Waals surface area contributed by atoms with Crippen molar-refractivity contribution in [3.8, 4) is 22.7 Å². The number of hydrogen-bond donors (Lipinski definition) is 2. The Hall–Kier alpha value is -3.28. The first-order valence-electron chi connectivity index (χ1n) is 9.01. The van der Waals surface area contributed by atoms with Crippen LogP contribution in [-0.4, -0.2) is 34.5 Å². The Bertz CT molecular complexity index is 994. The van der Waals surface area contributed by atoms with Gasteiger partial charge in [0, 0.05) is 17.7 Å². The molecular formula is C21H21N3O3. The predicted molar refractivity (Wildman–Crippen MR) is 104 cm³/mol. The molecule has 0 spiro atoms. The molecule has 0 unspecified atom stereocenters. The molecule has 2 heterocycles. The number of carboxylic acid groups (broad SMARTS) is 1. The van der Waals surface area contributed by atoms with Crippen LogP contribution in [0.3, 0.4) is 0 Å². The van der Waals surface area contributed by atoms with Crippen molar-refractivity contribution in [1.29, 1.82) is 0 Å². The number of carbonyl (C=O) groups is 1. The zero-order valence-electron chi connectivity index (χ0n) is 15.1. The molecular weight excluding hydrogens is 342 g/mol. The first-order valence-corrected chi connectivity index (χ1v) is 9.01. The fraction of sp³-hybridized carbons (Fsp3) is 0.238. The van der Waals surface area contributed by atoms with Crippen LogP contribution in [0.15, 0.2) is 48.5 Å². The highest BCUT2D eigenvalue weighted by molar-refractivity contribution is 5.88. The van der Waals surface area contributed by atoms with Crippen LogP contribution in [0.5, 0.6) is 5.75 Å². The van der Waals surface area contributed by atoms with Crippen molar-refractivity contribution >= 4 is 11.8 Å². The third kappa shape index (κ3) is 3.26. The Kier molecular flexibility index (Phi) is 4.54. The fourth-order valence-corrected chi connectivity index (χ4v) is 3.46. The van der Waals surface area contributed by atoms with E-state index in [1.165, 1.54) is 0 Å². The first-order chi connectivity index (χ1) is 13.2. The van der Waals surface area contributed by atoms with E-state index in [-0.39, 0.29) is 5.56 Å². The van der Waals surface area contributed by atoms with Gasteiger partial charge in [0.25, 0.3) is 0 Å². The number of nitrogens with one attached hydrogen (secondary N) is 1. The Labute approximate surface area is 157 Å². The van der Waals surface area contributed by atoms with Gasteiger partial charge < -0.3 is 15.2 Å². The van der Waals surface area contributed by atoms with E-state index in [1.807, 2.05) is 35.0 Å². The lowest BCUT2D eigenvalue weighted by atomic mass is 10.0. The highest BCUT2D eigenvalue weighted by Crippen LogP contribution is 2.35. The fourth-order valence-electron chi connectivity index (χ4n) is 3.46. The Morgan fingerprint density at radius 2 is 2.04 bits per heavy atom. The molecule has 0 aliphatic carbocycles. The van der Waals surface area contributed by atoms with Crippen molar-refractivity contribution in [3.63, 3.8) is 0 Å². The second-order valence-electron chi connectivity index (χ2n) is 6.56. The Morgan fingerprint density at radius 1 is 1.19 bits per heavy atom. The van der Waals surface area contributed by atoms with E-state index in [9.17, 15) is 9.90 Å². The molecule has 2 N–H and O–H groups in total. The topological polar surface area (TPSA) is 76.4 Å². The molecule has 0 bridgehead atoms. The SMILES string of the molecule is COc1cccc(-c2nn(-c3cccc(C(=O)O)c3)c3c2CCCCN3)c1. The average molecular weight is 363 g/mol. The minimum atomic E-state index is -0.948. The highest BCUT2D eigenvalue weighted by Gasteiger charge is 2.22. The van der Waals surface area contributed by atoms with Gasteiger partial charge >= 0.3 is 5.97 Å². The lowest BCUT2D eigenvalue weighted by Gasteiger charge is -2.09. The number of aromatic nitrogens is 2. The average Bonchev–Trinajstić information content (AvgIpc) is 2.89. The molecule has 0 atom stereocenters. The zero-order chi connectivity index (χ0) is 18.8. The normalized spacial score (nSPS) is 13.4. The monoisotopic (exact) mass is 363 g/mol. The summed E-state index contributed by atoms with van der Waals surface area (Å²) >= 11 is 0. The van der Waals surface area contributed by atoms with Gasteiger partial charge in [0.2, 0.25) is 0 Å². The predicted octanol–water partition coefficient (Wildman–Crippen LogP) is 3.99. The molecule has 0 saturated heterocycles. The number of carboxylic acids is 1. The smallest absolute Gasteiger partial charge is 0.335 e. The lowest BCUT2D eigenvalue weighted by Crippen LogP contribution is -2.08. The molecule has 3 aromatic rings. The maximum absolute atomic E-state index is 11.4. The molecule has 4 rings (SSSR count). The summed E-state index contributed by atoms with van der Waals surface area (Å²) in [5, 5.41) is 17.7. The number of hydrogen-bond acceptors (Lipinski definition) is 4. The summed E-state index contributed by atoms with van der Waals surface area (Å²) in [6.45, 7) is 0.870. The van der Waals surface area contributed by atoms with Gasteiger partial charge in [0.05, 0.1) is 24.1 Å². The number of fused-ring (bicyclic) bond motifs is 1. The van der Waals surface area contributed by atoms with Gasteiger partial charge in [0.1, 0.15) is 11.6 Å². The van der Waals surface area contributed by atoms with E-state index in [4.69, 9.17) is 9.84 Å². The van der Waals surface area contributed by atoms with Crippen LogP contribution in [0.25, 0.3) is 16.9 Å². The van der Waals surface area contributed by atoms with Crippen LogP contribution in [0.1, 0.15) is 28.8 Å². The second kappa shape index (κ2) is 7.15. The van der Waals surface area contributed by atoms with Crippen molar-refractivity contribution in [3.05, 3.63) is 59.7 Å². The van der Waals surface area contributed by atoms with E-state index in [1.54, 1.807) is 25.3 Å². The maximum atomic E-state index is 11.4. The van der Waals surface area contributed by atoms with Crippen LogP contribution in [0.2, 0.25) is 0 Å². The van der Waals surface area contributed by atoms with Crippen LogP contribution in [-0.2, 0) is 6.42 Å². The van der Waals surface area contributed by atoms with E-state index in [0.29, 0.717) is 0 Å². The van der Waals surface area contributed by atoms with Crippen LogP contribution in [0.4, 0.5) is 5.82 Å². The van der Waals surface area contributed by atoms with E-state index in [2.05, 4.69) is 5.32 Å². The van der Waals surface area contributed by atoms with Crippen LogP contribution < -0.4 is 10.1 Å². The Morgan fingerprint density at radius 3 is 2.85 bits per heavy atom. The van der Waals surface area contributed by atoms with Gasteiger partial charge in [-0.05, 0) is 49.6 Å². The zero-order valence-corrected chi connectivity index (χ0v) is 15.1. The second-order valence-corrected chi connectivity index (χ2v) is 6.56. The number of aromatic carboxylic acids is 1. The molecule has 1 aromatic heterocycles. The molecule has 0 amide bonds. The number of benzene rings is 2. The summed E-state index contributed by atoms with van der Waals surface area (Å²) in [6.07, 6.45) is 3.09. The summed E-state index contributed by atoms with van der Waals surface area (Å²) in [5.74, 6) is 0.772. The van der Waals surface area contributed by atoms with E-state index >= 15 is 0 Å². The third-order valence-corrected chi connectivity index (χ3v) is 4.81. The summed E-state index contributed by atoms with van der Waals surface area (Å²) in [7, 11) is 1.65. The van der Waals surface area contributed by atoms with E-state index < -0.39 is 5.97 Å². The van der Waals surface area contributed by atoms with Gasteiger partial charge in [-0.25, -0.2) is 9.48 Å². The summed E-state index contributed by atoms with van der Waals surface area (Å²) in [6, 6.07) is 14.7. The largest absolute Gasteiger partial charge is 0.497 e. The summed E-state index contributed by atoms with van der Waals surface area (Å²) < 4.78 is 7.18. The quantitative estimate of drug-likeness (QED) is 0.733. The molecule has 2 aromatic carbocycles. The molecule has 6 heteroatoms. The van der Waals surface area contributed by atoms with Crippen molar-refractivity contribution in [1.82, 2.24) is 9.78 Å². The minimum absolute atomic E-state index is 0.244. The molecule has 1 aliphatic heterocycles. The molecule has 27 heavy (non-hydrogen) atoms. The van der Waals surface area contributed by atoms with Crippen molar-refractivity contribution in [2.24, 2.45) is 0 Å². The lowest BCUT2D eigenvalue weighted by molar-refractivity contribution is 0.0697. The molecule has 0 saturated carbocycles. The summed E-state index contributed by atoms with van der Waals surface area (Å²) in [5.41, 5.74) is 4.02. The van der Waals surface area contributed by atoms with Crippen molar-refractivity contribution < 1.29 is 14.6 Å². The van der Waals surface area contributed by atoms with Crippen LogP contribution >= 0.6 is 0 Å². The number of anilines is 1. The first kappa shape index (κ1) is 17.1. The van der Waals surface area contributed by atoms with Gasteiger partial charge in [0.15, 0.2) is 0 Å². The number of methoxy groups -OCH3 is 1. The van der Waals surface area contributed by atoms with E-state index in [0.717, 1.165) is 59.9 Å². The number of ether oxygens (including phenoxy) is 1. The molecule has 0 fully saturated rings. The molecule has 0 radical (unpaired) electrons. The van der Waals surface area contributed by atoms with Gasteiger partial charge in [-0.1, -0.05) is 18.2 Å². The van der Waals surface area contributed by atoms with Crippen molar-refractivity contribution in [2.75, 3.05) is 19.0 Å². The highest BCUT2D eigenvalue weighted by atomic mass is 16.5. The minimum Gasteiger partial charge on any atom is -0.497 e. The molecule has 6 nitrogen and oxygen atoms in total. The third-order valence-electron chi connectivity index (χ3n) is 4.81.